The molecule has 9 heteroatoms. The number of carbonyl (C=O) groups excluding carboxylic acids is 1. The standard InChI is InChI=1S/C21H27N3O6/c1-12-13(2)23(6)20(29)24(17(12)25)15-9-7-14(8-10-15)11-16(18(26)27)22-19(28)30-21(3,4)5/h7-10,16H,11H2,1-6H3,(H,22,28)(H,26,27)/t16-/m0/s1. The van der Waals surface area contributed by atoms with Gasteiger partial charge >= 0.3 is 17.8 Å². The maximum absolute atomic E-state index is 12.6. The number of alkyl carbamates (subject to hydrolysis) is 1. The molecule has 9 nitrogen and oxygen atoms in total. The number of nitrogens with one attached hydrogen (secondary N) is 1. The molecule has 1 heterocycles. The van der Waals surface area contributed by atoms with Crippen molar-refractivity contribution in [1.29, 1.82) is 0 Å². The Hall–Kier alpha value is -3.36. The molecule has 0 fully saturated rings. The van der Waals surface area contributed by atoms with Crippen LogP contribution in [0.15, 0.2) is 33.9 Å². The van der Waals surface area contributed by atoms with Crippen molar-refractivity contribution in [2.45, 2.75) is 52.7 Å². The number of aliphatic carboxylic acids is 1. The van der Waals surface area contributed by atoms with E-state index in [2.05, 4.69) is 5.32 Å². The topological polar surface area (TPSA) is 120 Å². The highest BCUT2D eigenvalue weighted by Gasteiger charge is 2.24. The van der Waals surface area contributed by atoms with E-state index in [1.165, 1.54) is 4.57 Å². The lowest BCUT2D eigenvalue weighted by Crippen LogP contribution is -2.44. The van der Waals surface area contributed by atoms with Crippen molar-refractivity contribution in [3.63, 3.8) is 0 Å². The Labute approximate surface area is 173 Å². The first-order valence-corrected chi connectivity index (χ1v) is 9.42. The summed E-state index contributed by atoms with van der Waals surface area (Å²) in [5.74, 6) is -1.20. The van der Waals surface area contributed by atoms with Crippen molar-refractivity contribution in [2.24, 2.45) is 7.05 Å². The number of amides is 1. The summed E-state index contributed by atoms with van der Waals surface area (Å²) in [6.45, 7) is 8.40. The summed E-state index contributed by atoms with van der Waals surface area (Å²) >= 11 is 0. The van der Waals surface area contributed by atoms with Crippen molar-refractivity contribution < 1.29 is 19.4 Å². The second-order valence-electron chi connectivity index (χ2n) is 8.10. The summed E-state index contributed by atoms with van der Waals surface area (Å²) in [5, 5.41) is 11.8. The van der Waals surface area contributed by atoms with Crippen LogP contribution in [-0.4, -0.2) is 37.9 Å². The van der Waals surface area contributed by atoms with Gasteiger partial charge in [-0.1, -0.05) is 12.1 Å². The average molecular weight is 417 g/mol. The summed E-state index contributed by atoms with van der Waals surface area (Å²) in [6.07, 6.45) is -0.814. The van der Waals surface area contributed by atoms with E-state index in [-0.39, 0.29) is 6.42 Å². The highest BCUT2D eigenvalue weighted by atomic mass is 16.6. The number of carboxylic acids is 1. The molecule has 0 aliphatic carbocycles. The van der Waals surface area contributed by atoms with Gasteiger partial charge < -0.3 is 19.7 Å². The zero-order valence-corrected chi connectivity index (χ0v) is 18.0. The lowest BCUT2D eigenvalue weighted by molar-refractivity contribution is -0.139. The minimum Gasteiger partial charge on any atom is -0.480 e. The number of carbonyl (C=O) groups is 2. The molecule has 0 aliphatic rings. The molecule has 2 N–H and O–H groups in total. The number of benzene rings is 1. The summed E-state index contributed by atoms with van der Waals surface area (Å²) in [4.78, 5) is 48.5. The third-order valence-electron chi connectivity index (χ3n) is 4.67. The fraction of sp³-hybridized carbons (Fsp3) is 0.429. The Balaban J connectivity index is 2.28. The fourth-order valence-corrected chi connectivity index (χ4v) is 2.85. The van der Waals surface area contributed by atoms with Gasteiger partial charge in [0.1, 0.15) is 11.6 Å². The van der Waals surface area contributed by atoms with Crippen LogP contribution in [0.25, 0.3) is 5.69 Å². The van der Waals surface area contributed by atoms with Crippen molar-refractivity contribution in [3.8, 4) is 5.69 Å². The number of nitrogens with zero attached hydrogens (tertiary/aromatic N) is 2. The second-order valence-corrected chi connectivity index (χ2v) is 8.10. The van der Waals surface area contributed by atoms with Gasteiger partial charge in [-0.25, -0.2) is 19.0 Å². The van der Waals surface area contributed by atoms with Crippen LogP contribution in [-0.2, 0) is 23.0 Å². The molecule has 0 unspecified atom stereocenters. The van der Waals surface area contributed by atoms with Crippen LogP contribution < -0.4 is 16.6 Å². The SMILES string of the molecule is Cc1c(C)n(C)c(=O)n(-c2ccc(C[C@H](NC(=O)OC(C)(C)C)C(=O)O)cc2)c1=O. The number of hydrogen-bond acceptors (Lipinski definition) is 5. The first kappa shape index (κ1) is 22.9. The number of ether oxygens (including phenoxy) is 1. The maximum atomic E-state index is 12.6. The first-order valence-electron chi connectivity index (χ1n) is 9.42. The van der Waals surface area contributed by atoms with Gasteiger partial charge in [0.2, 0.25) is 0 Å². The third kappa shape index (κ3) is 5.16. The smallest absolute Gasteiger partial charge is 0.408 e. The molecule has 2 rings (SSSR count). The van der Waals surface area contributed by atoms with Crippen LogP contribution in [0.2, 0.25) is 0 Å². The molecular formula is C21H27N3O6. The number of hydrogen-bond donors (Lipinski definition) is 2. The van der Waals surface area contributed by atoms with Gasteiger partial charge in [-0.3, -0.25) is 4.79 Å². The van der Waals surface area contributed by atoms with Crippen LogP contribution in [0.1, 0.15) is 37.6 Å². The van der Waals surface area contributed by atoms with Crippen molar-refractivity contribution in [1.82, 2.24) is 14.5 Å². The predicted octanol–water partition coefficient (Wildman–Crippen LogP) is 1.67. The molecule has 1 aromatic carbocycles. The Bertz CT molecular complexity index is 1040. The van der Waals surface area contributed by atoms with E-state index >= 15 is 0 Å². The van der Waals surface area contributed by atoms with Gasteiger partial charge in [-0.2, -0.15) is 0 Å². The van der Waals surface area contributed by atoms with Crippen molar-refractivity contribution in [2.75, 3.05) is 0 Å². The fourth-order valence-electron chi connectivity index (χ4n) is 2.85. The maximum Gasteiger partial charge on any atom is 0.408 e. The Morgan fingerprint density at radius 1 is 1.13 bits per heavy atom. The van der Waals surface area contributed by atoms with E-state index in [1.54, 1.807) is 65.9 Å². The molecule has 1 aromatic heterocycles. The van der Waals surface area contributed by atoms with E-state index in [9.17, 15) is 24.3 Å². The van der Waals surface area contributed by atoms with Crippen LogP contribution in [0.5, 0.6) is 0 Å². The van der Waals surface area contributed by atoms with Gasteiger partial charge in [-0.15, -0.1) is 0 Å². The number of carboxylic acid groups (broad SMARTS) is 1. The zero-order valence-electron chi connectivity index (χ0n) is 18.0. The van der Waals surface area contributed by atoms with Gasteiger partial charge in [0, 0.05) is 24.7 Å². The molecule has 0 saturated carbocycles. The molecular weight excluding hydrogens is 390 g/mol. The Morgan fingerprint density at radius 2 is 1.70 bits per heavy atom. The monoisotopic (exact) mass is 417 g/mol. The van der Waals surface area contributed by atoms with Gasteiger partial charge in [0.25, 0.3) is 5.56 Å². The molecule has 1 atom stereocenters. The van der Waals surface area contributed by atoms with Gasteiger partial charge in [-0.05, 0) is 52.3 Å². The molecule has 0 radical (unpaired) electrons. The predicted molar refractivity (Wildman–Crippen MR) is 111 cm³/mol. The van der Waals surface area contributed by atoms with Crippen LogP contribution >= 0.6 is 0 Å². The molecule has 0 saturated heterocycles. The third-order valence-corrected chi connectivity index (χ3v) is 4.67. The van der Waals surface area contributed by atoms with E-state index in [4.69, 9.17) is 4.74 Å². The Morgan fingerprint density at radius 3 is 2.20 bits per heavy atom. The van der Waals surface area contributed by atoms with Crippen molar-refractivity contribution >= 4 is 12.1 Å². The molecule has 30 heavy (non-hydrogen) atoms. The lowest BCUT2D eigenvalue weighted by Gasteiger charge is -2.22. The normalized spacial score (nSPS) is 12.3. The average Bonchev–Trinajstić information content (AvgIpc) is 2.64. The van der Waals surface area contributed by atoms with Crippen molar-refractivity contribution in [3.05, 3.63) is 61.9 Å². The minimum absolute atomic E-state index is 0.00862. The summed E-state index contributed by atoms with van der Waals surface area (Å²) in [6, 6.07) is 5.17. The van der Waals surface area contributed by atoms with E-state index in [1.807, 2.05) is 0 Å². The lowest BCUT2D eigenvalue weighted by atomic mass is 10.1. The minimum atomic E-state index is -1.20. The van der Waals surface area contributed by atoms with E-state index in [0.29, 0.717) is 22.5 Å². The summed E-state index contributed by atoms with van der Waals surface area (Å²) in [5.41, 5.74) is 0.420. The summed E-state index contributed by atoms with van der Waals surface area (Å²) in [7, 11) is 1.59. The first-order chi connectivity index (χ1) is 13.8. The molecule has 0 bridgehead atoms. The van der Waals surface area contributed by atoms with Gasteiger partial charge in [0.15, 0.2) is 0 Å². The molecule has 0 spiro atoms. The van der Waals surface area contributed by atoms with Crippen LogP contribution in [0.3, 0.4) is 0 Å². The van der Waals surface area contributed by atoms with Crippen LogP contribution in [0.4, 0.5) is 4.79 Å². The summed E-state index contributed by atoms with van der Waals surface area (Å²) < 4.78 is 7.57. The molecule has 0 aliphatic heterocycles. The van der Waals surface area contributed by atoms with E-state index in [0.717, 1.165) is 4.57 Å². The zero-order chi connectivity index (χ0) is 22.8. The second kappa shape index (κ2) is 8.56. The van der Waals surface area contributed by atoms with Gasteiger partial charge in [0.05, 0.1) is 5.69 Å². The number of rotatable bonds is 5. The van der Waals surface area contributed by atoms with E-state index < -0.39 is 35.0 Å². The molecule has 2 aromatic rings. The molecule has 1 amide bonds. The highest BCUT2D eigenvalue weighted by Crippen LogP contribution is 2.11. The highest BCUT2D eigenvalue weighted by molar-refractivity contribution is 5.80. The Kier molecular flexibility index (Phi) is 6.54. The van der Waals surface area contributed by atoms with Crippen LogP contribution in [0, 0.1) is 13.8 Å². The largest absolute Gasteiger partial charge is 0.480 e. The number of aromatic nitrogens is 2. The molecule has 162 valence electrons. The quantitative estimate of drug-likeness (QED) is 0.764.